The zero-order valence-electron chi connectivity index (χ0n) is 13.4. The number of benzene rings is 1. The molecule has 3 aromatic heterocycles. The second-order valence-electron chi connectivity index (χ2n) is 5.48. The van der Waals surface area contributed by atoms with Gasteiger partial charge in [-0.05, 0) is 29.8 Å². The van der Waals surface area contributed by atoms with Gasteiger partial charge in [-0.2, -0.15) is 0 Å². The zero-order valence-corrected chi connectivity index (χ0v) is 13.4. The van der Waals surface area contributed by atoms with Crippen LogP contribution >= 0.6 is 0 Å². The van der Waals surface area contributed by atoms with Crippen LogP contribution in [0.2, 0.25) is 0 Å². The van der Waals surface area contributed by atoms with Crippen LogP contribution in [0.1, 0.15) is 0 Å². The van der Waals surface area contributed by atoms with Gasteiger partial charge in [-0.25, -0.2) is 9.97 Å². The Balaban J connectivity index is 1.68. The molecule has 0 radical (unpaired) electrons. The van der Waals surface area contributed by atoms with E-state index >= 15 is 0 Å². The standard InChI is InChI=1S/C18H13N5O3/c24-23(25)16-10-13(14-6-9-26-11-14)4-5-15(16)20-17-2-1-3-18(21-17)22-8-7-19-12-22/h1-12H,(H,20,21). The van der Waals surface area contributed by atoms with Gasteiger partial charge in [0, 0.05) is 24.0 Å². The summed E-state index contributed by atoms with van der Waals surface area (Å²) in [6, 6.07) is 12.1. The van der Waals surface area contributed by atoms with E-state index in [0.717, 1.165) is 5.56 Å². The lowest BCUT2D eigenvalue weighted by Gasteiger charge is -2.09. The smallest absolute Gasteiger partial charge is 0.293 e. The molecule has 0 amide bonds. The Hall–Kier alpha value is -3.94. The van der Waals surface area contributed by atoms with Crippen molar-refractivity contribution in [2.24, 2.45) is 0 Å². The average molecular weight is 347 g/mol. The molecule has 1 N–H and O–H groups in total. The summed E-state index contributed by atoms with van der Waals surface area (Å²) in [5, 5.41) is 14.5. The lowest BCUT2D eigenvalue weighted by Crippen LogP contribution is -2.01. The van der Waals surface area contributed by atoms with E-state index in [-0.39, 0.29) is 5.69 Å². The maximum atomic E-state index is 11.5. The Morgan fingerprint density at radius 1 is 1.15 bits per heavy atom. The quantitative estimate of drug-likeness (QED) is 0.429. The summed E-state index contributed by atoms with van der Waals surface area (Å²) in [6.07, 6.45) is 8.13. The highest BCUT2D eigenvalue weighted by Gasteiger charge is 2.16. The number of nitro benzene ring substituents is 1. The van der Waals surface area contributed by atoms with Gasteiger partial charge in [0.1, 0.15) is 23.7 Å². The fourth-order valence-electron chi connectivity index (χ4n) is 2.57. The molecular weight excluding hydrogens is 334 g/mol. The molecule has 128 valence electrons. The SMILES string of the molecule is O=[N+]([O-])c1cc(-c2ccoc2)ccc1Nc1cccc(-n2ccnc2)n1. The van der Waals surface area contributed by atoms with Crippen LogP contribution in [0, 0.1) is 10.1 Å². The number of nitro groups is 1. The number of rotatable bonds is 5. The molecule has 0 spiro atoms. The Bertz CT molecular complexity index is 1040. The van der Waals surface area contributed by atoms with E-state index in [1.165, 1.54) is 12.3 Å². The lowest BCUT2D eigenvalue weighted by atomic mass is 10.1. The molecule has 0 unspecified atom stereocenters. The third-order valence-electron chi connectivity index (χ3n) is 3.82. The third kappa shape index (κ3) is 3.03. The number of imidazole rings is 1. The molecule has 8 heteroatoms. The van der Waals surface area contributed by atoms with Gasteiger partial charge in [-0.15, -0.1) is 0 Å². The van der Waals surface area contributed by atoms with Crippen molar-refractivity contribution in [2.75, 3.05) is 5.32 Å². The van der Waals surface area contributed by atoms with Crippen LogP contribution in [0.4, 0.5) is 17.2 Å². The van der Waals surface area contributed by atoms with Gasteiger partial charge in [-0.1, -0.05) is 12.1 Å². The van der Waals surface area contributed by atoms with E-state index in [1.54, 1.807) is 53.8 Å². The third-order valence-corrected chi connectivity index (χ3v) is 3.82. The Labute approximate surface area is 147 Å². The van der Waals surface area contributed by atoms with E-state index in [0.29, 0.717) is 22.9 Å². The molecule has 26 heavy (non-hydrogen) atoms. The molecule has 0 atom stereocenters. The van der Waals surface area contributed by atoms with E-state index in [2.05, 4.69) is 15.3 Å². The highest BCUT2D eigenvalue weighted by molar-refractivity contribution is 5.75. The summed E-state index contributed by atoms with van der Waals surface area (Å²) in [4.78, 5) is 19.5. The highest BCUT2D eigenvalue weighted by Crippen LogP contribution is 2.32. The minimum Gasteiger partial charge on any atom is -0.472 e. The van der Waals surface area contributed by atoms with Gasteiger partial charge in [0.2, 0.25) is 0 Å². The molecule has 1 aromatic carbocycles. The van der Waals surface area contributed by atoms with Crippen LogP contribution in [-0.2, 0) is 0 Å². The van der Waals surface area contributed by atoms with Crippen LogP contribution in [-0.4, -0.2) is 19.5 Å². The number of nitrogens with zero attached hydrogens (tertiary/aromatic N) is 4. The van der Waals surface area contributed by atoms with Gasteiger partial charge >= 0.3 is 0 Å². The fourth-order valence-corrected chi connectivity index (χ4v) is 2.57. The summed E-state index contributed by atoms with van der Waals surface area (Å²) in [5.41, 5.74) is 1.80. The maximum Gasteiger partial charge on any atom is 0.293 e. The van der Waals surface area contributed by atoms with Gasteiger partial charge in [-0.3, -0.25) is 14.7 Å². The number of aromatic nitrogens is 3. The second-order valence-corrected chi connectivity index (χ2v) is 5.48. The number of hydrogen-bond donors (Lipinski definition) is 1. The molecule has 4 rings (SSSR count). The number of anilines is 2. The summed E-state index contributed by atoms with van der Waals surface area (Å²) in [7, 11) is 0. The molecule has 0 fully saturated rings. The van der Waals surface area contributed by atoms with Crippen molar-refractivity contribution in [2.45, 2.75) is 0 Å². The summed E-state index contributed by atoms with van der Waals surface area (Å²) >= 11 is 0. The van der Waals surface area contributed by atoms with Crippen LogP contribution in [0.25, 0.3) is 16.9 Å². The molecular formula is C18H13N5O3. The Morgan fingerprint density at radius 3 is 2.81 bits per heavy atom. The van der Waals surface area contributed by atoms with Crippen molar-refractivity contribution in [3.8, 4) is 16.9 Å². The first-order valence-corrected chi connectivity index (χ1v) is 7.74. The Morgan fingerprint density at radius 2 is 2.08 bits per heavy atom. The first-order valence-electron chi connectivity index (χ1n) is 7.74. The normalized spacial score (nSPS) is 10.6. The van der Waals surface area contributed by atoms with E-state index in [4.69, 9.17) is 4.42 Å². The molecule has 0 aliphatic heterocycles. The van der Waals surface area contributed by atoms with Gasteiger partial charge in [0.05, 0.1) is 17.4 Å². The number of hydrogen-bond acceptors (Lipinski definition) is 6. The number of furan rings is 1. The predicted octanol–water partition coefficient (Wildman–Crippen LogP) is 4.18. The number of nitrogens with one attached hydrogen (secondary N) is 1. The van der Waals surface area contributed by atoms with Crippen molar-refractivity contribution >= 4 is 17.2 Å². The molecule has 0 saturated heterocycles. The Kier molecular flexibility index (Phi) is 3.91. The van der Waals surface area contributed by atoms with Crippen molar-refractivity contribution in [3.63, 3.8) is 0 Å². The van der Waals surface area contributed by atoms with Crippen LogP contribution in [0.15, 0.2) is 78.1 Å². The summed E-state index contributed by atoms with van der Waals surface area (Å²) in [6.45, 7) is 0. The molecule has 0 aliphatic rings. The minimum absolute atomic E-state index is 0.0430. The van der Waals surface area contributed by atoms with E-state index in [9.17, 15) is 10.1 Å². The first-order chi connectivity index (χ1) is 12.7. The zero-order chi connectivity index (χ0) is 17.9. The monoisotopic (exact) mass is 347 g/mol. The lowest BCUT2D eigenvalue weighted by molar-refractivity contribution is -0.383. The maximum absolute atomic E-state index is 11.5. The second kappa shape index (κ2) is 6.52. The van der Waals surface area contributed by atoms with Crippen molar-refractivity contribution < 1.29 is 9.34 Å². The van der Waals surface area contributed by atoms with Gasteiger partial charge in [0.25, 0.3) is 5.69 Å². The van der Waals surface area contributed by atoms with Crippen LogP contribution < -0.4 is 5.32 Å². The first kappa shape index (κ1) is 15.6. The predicted molar refractivity (Wildman–Crippen MR) is 95.4 cm³/mol. The summed E-state index contributed by atoms with van der Waals surface area (Å²) in [5.74, 6) is 1.15. The van der Waals surface area contributed by atoms with Gasteiger partial charge < -0.3 is 9.73 Å². The van der Waals surface area contributed by atoms with Crippen molar-refractivity contribution in [1.82, 2.24) is 14.5 Å². The van der Waals surface area contributed by atoms with E-state index < -0.39 is 4.92 Å². The minimum atomic E-state index is -0.425. The van der Waals surface area contributed by atoms with Gasteiger partial charge in [0.15, 0.2) is 0 Å². The molecule has 0 bridgehead atoms. The largest absolute Gasteiger partial charge is 0.472 e. The topological polar surface area (TPSA) is 99.0 Å². The fraction of sp³-hybridized carbons (Fsp3) is 0. The molecule has 0 saturated carbocycles. The van der Waals surface area contributed by atoms with Crippen LogP contribution in [0.5, 0.6) is 0 Å². The molecule has 3 heterocycles. The summed E-state index contributed by atoms with van der Waals surface area (Å²) < 4.78 is 6.79. The molecule has 4 aromatic rings. The highest BCUT2D eigenvalue weighted by atomic mass is 16.6. The molecule has 8 nitrogen and oxygen atoms in total. The number of pyridine rings is 1. The van der Waals surface area contributed by atoms with Crippen LogP contribution in [0.3, 0.4) is 0 Å². The molecule has 0 aliphatic carbocycles. The van der Waals surface area contributed by atoms with Crippen molar-refractivity contribution in [1.29, 1.82) is 0 Å². The average Bonchev–Trinajstić information content (AvgIpc) is 3.36. The van der Waals surface area contributed by atoms with Crippen molar-refractivity contribution in [3.05, 3.63) is 83.8 Å². The van der Waals surface area contributed by atoms with E-state index in [1.807, 2.05) is 12.1 Å².